The number of hydrogen-bond donors (Lipinski definition) is 1. The molecule has 4 nitrogen and oxygen atoms in total. The summed E-state index contributed by atoms with van der Waals surface area (Å²) in [6.45, 7) is 10.3. The lowest BCUT2D eigenvalue weighted by Crippen LogP contribution is -2.51. The maximum absolute atomic E-state index is 5.48. The number of nitrogens with one attached hydrogen (secondary N) is 1. The number of rotatable bonds is 8. The van der Waals surface area contributed by atoms with Crippen LogP contribution >= 0.6 is 0 Å². The molecular formula is C16H28N2O2. The van der Waals surface area contributed by atoms with E-state index in [9.17, 15) is 0 Å². The predicted octanol–water partition coefficient (Wildman–Crippen LogP) is 2.51. The number of morpholine rings is 1. The van der Waals surface area contributed by atoms with Gasteiger partial charge in [-0.15, -0.1) is 0 Å². The van der Waals surface area contributed by atoms with Gasteiger partial charge in [-0.1, -0.05) is 26.7 Å². The fraction of sp³-hybridized carbons (Fsp3) is 0.750. The first kappa shape index (κ1) is 15.5. The first-order valence-corrected chi connectivity index (χ1v) is 7.90. The summed E-state index contributed by atoms with van der Waals surface area (Å²) < 4.78 is 10.9. The molecule has 0 amide bonds. The van der Waals surface area contributed by atoms with Crippen molar-refractivity contribution in [1.29, 1.82) is 0 Å². The average molecular weight is 280 g/mol. The van der Waals surface area contributed by atoms with Crippen molar-refractivity contribution in [2.24, 2.45) is 5.92 Å². The summed E-state index contributed by atoms with van der Waals surface area (Å²) in [5.74, 6) is 1.76. The quantitative estimate of drug-likeness (QED) is 0.794. The standard InChI is InChI=1S/C16H28N2O2/c1-3-14(4-2)16(18-7-10-19-11-8-18)13-17-12-15-6-5-9-20-15/h5-6,9,14,16-17H,3-4,7-8,10-13H2,1-2H3. The minimum Gasteiger partial charge on any atom is -0.468 e. The summed E-state index contributed by atoms with van der Waals surface area (Å²) in [5, 5.41) is 3.56. The fourth-order valence-electron chi connectivity index (χ4n) is 3.09. The van der Waals surface area contributed by atoms with E-state index in [4.69, 9.17) is 9.15 Å². The van der Waals surface area contributed by atoms with Crippen molar-refractivity contribution in [3.8, 4) is 0 Å². The molecule has 1 saturated heterocycles. The zero-order valence-electron chi connectivity index (χ0n) is 12.8. The van der Waals surface area contributed by atoms with Crippen LogP contribution in [0.3, 0.4) is 0 Å². The van der Waals surface area contributed by atoms with Crippen molar-refractivity contribution in [2.45, 2.75) is 39.3 Å². The van der Waals surface area contributed by atoms with Crippen LogP contribution in [0, 0.1) is 5.92 Å². The minimum absolute atomic E-state index is 0.601. The van der Waals surface area contributed by atoms with Crippen LogP contribution in [0.4, 0.5) is 0 Å². The molecule has 0 saturated carbocycles. The van der Waals surface area contributed by atoms with Gasteiger partial charge in [-0.3, -0.25) is 4.90 Å². The number of furan rings is 1. The third-order valence-corrected chi connectivity index (χ3v) is 4.34. The number of hydrogen-bond acceptors (Lipinski definition) is 4. The molecule has 1 aliphatic heterocycles. The van der Waals surface area contributed by atoms with Gasteiger partial charge in [0.25, 0.3) is 0 Å². The van der Waals surface area contributed by atoms with Crippen LogP contribution in [0.2, 0.25) is 0 Å². The Morgan fingerprint density at radius 3 is 2.60 bits per heavy atom. The van der Waals surface area contributed by atoms with Gasteiger partial charge in [0.2, 0.25) is 0 Å². The molecule has 1 aliphatic rings. The Balaban J connectivity index is 1.87. The molecule has 2 heterocycles. The topological polar surface area (TPSA) is 37.6 Å². The highest BCUT2D eigenvalue weighted by Crippen LogP contribution is 2.19. The fourth-order valence-corrected chi connectivity index (χ4v) is 3.09. The van der Waals surface area contributed by atoms with E-state index in [2.05, 4.69) is 24.1 Å². The van der Waals surface area contributed by atoms with Crippen LogP contribution < -0.4 is 5.32 Å². The number of nitrogens with zero attached hydrogens (tertiary/aromatic N) is 1. The lowest BCUT2D eigenvalue weighted by Gasteiger charge is -2.38. The van der Waals surface area contributed by atoms with E-state index < -0.39 is 0 Å². The van der Waals surface area contributed by atoms with Crippen molar-refractivity contribution in [1.82, 2.24) is 10.2 Å². The van der Waals surface area contributed by atoms with E-state index >= 15 is 0 Å². The summed E-state index contributed by atoms with van der Waals surface area (Å²) in [4.78, 5) is 2.59. The van der Waals surface area contributed by atoms with E-state index in [0.717, 1.165) is 51.1 Å². The van der Waals surface area contributed by atoms with Gasteiger partial charge in [0.1, 0.15) is 5.76 Å². The summed E-state index contributed by atoms with van der Waals surface area (Å²) in [7, 11) is 0. The smallest absolute Gasteiger partial charge is 0.117 e. The maximum Gasteiger partial charge on any atom is 0.117 e. The van der Waals surface area contributed by atoms with Gasteiger partial charge in [0.05, 0.1) is 26.0 Å². The summed E-state index contributed by atoms with van der Waals surface area (Å²) >= 11 is 0. The molecule has 1 atom stereocenters. The van der Waals surface area contributed by atoms with Gasteiger partial charge < -0.3 is 14.5 Å². The first-order valence-electron chi connectivity index (χ1n) is 7.90. The average Bonchev–Trinajstić information content (AvgIpc) is 3.01. The molecule has 114 valence electrons. The van der Waals surface area contributed by atoms with Gasteiger partial charge in [0.15, 0.2) is 0 Å². The van der Waals surface area contributed by atoms with Crippen molar-refractivity contribution in [2.75, 3.05) is 32.8 Å². The Kier molecular flexibility index (Phi) is 6.57. The van der Waals surface area contributed by atoms with Crippen molar-refractivity contribution >= 4 is 0 Å². The summed E-state index contributed by atoms with van der Waals surface area (Å²) in [6.07, 6.45) is 4.21. The van der Waals surface area contributed by atoms with Crippen molar-refractivity contribution < 1.29 is 9.15 Å². The molecule has 1 aromatic rings. The lowest BCUT2D eigenvalue weighted by molar-refractivity contribution is 0.00152. The van der Waals surface area contributed by atoms with E-state index in [1.807, 2.05) is 12.1 Å². The van der Waals surface area contributed by atoms with Crippen molar-refractivity contribution in [3.63, 3.8) is 0 Å². The zero-order valence-corrected chi connectivity index (χ0v) is 12.8. The van der Waals surface area contributed by atoms with Crippen LogP contribution in [0.5, 0.6) is 0 Å². The molecule has 4 heteroatoms. The molecule has 1 unspecified atom stereocenters. The third kappa shape index (κ3) is 4.33. The molecule has 1 N–H and O–H groups in total. The minimum atomic E-state index is 0.601. The summed E-state index contributed by atoms with van der Waals surface area (Å²) in [5.41, 5.74) is 0. The molecular weight excluding hydrogens is 252 g/mol. The predicted molar refractivity (Wildman–Crippen MR) is 80.7 cm³/mol. The molecule has 0 aliphatic carbocycles. The monoisotopic (exact) mass is 280 g/mol. The molecule has 0 spiro atoms. The van der Waals surface area contributed by atoms with Crippen LogP contribution in [0.25, 0.3) is 0 Å². The SMILES string of the molecule is CCC(CC)C(CNCc1ccco1)N1CCOCC1. The normalized spacial score (nSPS) is 18.6. The second-order valence-electron chi connectivity index (χ2n) is 5.50. The lowest BCUT2D eigenvalue weighted by atomic mass is 9.92. The van der Waals surface area contributed by atoms with Gasteiger partial charge in [-0.2, -0.15) is 0 Å². The largest absolute Gasteiger partial charge is 0.468 e. The van der Waals surface area contributed by atoms with E-state index in [0.29, 0.717) is 6.04 Å². The van der Waals surface area contributed by atoms with Gasteiger partial charge >= 0.3 is 0 Å². The van der Waals surface area contributed by atoms with E-state index in [1.54, 1.807) is 6.26 Å². The molecule has 0 bridgehead atoms. The van der Waals surface area contributed by atoms with Gasteiger partial charge in [0, 0.05) is 25.7 Å². The Labute approximate surface area is 122 Å². The number of ether oxygens (including phenoxy) is 1. The van der Waals surface area contributed by atoms with Crippen LogP contribution in [0.15, 0.2) is 22.8 Å². The zero-order chi connectivity index (χ0) is 14.2. The highest BCUT2D eigenvalue weighted by Gasteiger charge is 2.26. The second-order valence-corrected chi connectivity index (χ2v) is 5.50. The van der Waals surface area contributed by atoms with Crippen LogP contribution in [0.1, 0.15) is 32.4 Å². The van der Waals surface area contributed by atoms with Crippen LogP contribution in [-0.4, -0.2) is 43.8 Å². The Morgan fingerprint density at radius 1 is 1.25 bits per heavy atom. The van der Waals surface area contributed by atoms with E-state index in [-0.39, 0.29) is 0 Å². The highest BCUT2D eigenvalue weighted by molar-refractivity contribution is 4.97. The Morgan fingerprint density at radius 2 is 2.00 bits per heavy atom. The molecule has 0 aromatic carbocycles. The maximum atomic E-state index is 5.48. The Hall–Kier alpha value is -0.840. The molecule has 0 radical (unpaired) electrons. The first-order chi connectivity index (χ1) is 9.85. The third-order valence-electron chi connectivity index (χ3n) is 4.34. The van der Waals surface area contributed by atoms with Crippen molar-refractivity contribution in [3.05, 3.63) is 24.2 Å². The highest BCUT2D eigenvalue weighted by atomic mass is 16.5. The van der Waals surface area contributed by atoms with E-state index in [1.165, 1.54) is 12.8 Å². The van der Waals surface area contributed by atoms with Gasteiger partial charge in [-0.05, 0) is 18.1 Å². The van der Waals surface area contributed by atoms with Gasteiger partial charge in [-0.25, -0.2) is 0 Å². The second kappa shape index (κ2) is 8.45. The summed E-state index contributed by atoms with van der Waals surface area (Å²) in [6, 6.07) is 4.56. The molecule has 1 aromatic heterocycles. The molecule has 20 heavy (non-hydrogen) atoms. The Bertz CT molecular complexity index is 343. The molecule has 1 fully saturated rings. The van der Waals surface area contributed by atoms with Crippen LogP contribution in [-0.2, 0) is 11.3 Å². The molecule has 2 rings (SSSR count).